The van der Waals surface area contributed by atoms with Gasteiger partial charge in [-0.2, -0.15) is 0 Å². The van der Waals surface area contributed by atoms with Crippen molar-refractivity contribution in [3.63, 3.8) is 0 Å². The molecular weight excluding hydrogens is 256 g/mol. The molecule has 0 aromatic heterocycles. The zero-order valence-electron chi connectivity index (χ0n) is 11.7. The maximum Gasteiger partial charge on any atom is 0.315 e. The third kappa shape index (κ3) is 3.95. The van der Waals surface area contributed by atoms with Gasteiger partial charge in [0.2, 0.25) is 0 Å². The molecule has 1 fully saturated rings. The molecule has 110 valence electrons. The summed E-state index contributed by atoms with van der Waals surface area (Å²) in [6.45, 7) is 3.32. The number of urea groups is 1. The van der Waals surface area contributed by atoms with Crippen molar-refractivity contribution in [1.29, 1.82) is 0 Å². The molecule has 0 bridgehead atoms. The lowest BCUT2D eigenvalue weighted by Gasteiger charge is -2.22. The first kappa shape index (κ1) is 14.8. The molecule has 1 aliphatic rings. The summed E-state index contributed by atoms with van der Waals surface area (Å²) >= 11 is 0. The van der Waals surface area contributed by atoms with Gasteiger partial charge < -0.3 is 20.5 Å². The molecule has 0 unspecified atom stereocenters. The van der Waals surface area contributed by atoms with Crippen molar-refractivity contribution in [2.75, 3.05) is 19.8 Å². The Bertz CT molecular complexity index is 418. The van der Waals surface area contributed by atoms with Gasteiger partial charge >= 0.3 is 6.03 Å². The number of nitrogens with one attached hydrogen (secondary N) is 2. The fraction of sp³-hybridized carbons (Fsp3) is 0.533. The number of carbonyl (C=O) groups is 1. The molecular formula is C15H22N2O3. The summed E-state index contributed by atoms with van der Waals surface area (Å²) in [6, 6.07) is 8.86. The van der Waals surface area contributed by atoms with Crippen LogP contribution in [0.4, 0.5) is 4.79 Å². The first-order valence-corrected chi connectivity index (χ1v) is 7.01. The first-order valence-electron chi connectivity index (χ1n) is 7.01. The lowest BCUT2D eigenvalue weighted by atomic mass is 10.0. The van der Waals surface area contributed by atoms with E-state index in [0.717, 1.165) is 18.6 Å². The van der Waals surface area contributed by atoms with Gasteiger partial charge in [-0.05, 0) is 18.9 Å². The average Bonchev–Trinajstić information content (AvgIpc) is 3.00. The molecule has 2 rings (SSSR count). The number of benzene rings is 1. The van der Waals surface area contributed by atoms with E-state index in [2.05, 4.69) is 10.6 Å². The molecule has 0 aliphatic carbocycles. The SMILES string of the molecule is C[C@@H](NC(=O)N[C@H](CO)c1ccccc1)[C@H]1CCOC1. The van der Waals surface area contributed by atoms with Crippen molar-refractivity contribution in [2.24, 2.45) is 5.92 Å². The topological polar surface area (TPSA) is 70.6 Å². The summed E-state index contributed by atoms with van der Waals surface area (Å²) in [6.07, 6.45) is 0.976. The summed E-state index contributed by atoms with van der Waals surface area (Å²) in [4.78, 5) is 12.0. The smallest absolute Gasteiger partial charge is 0.315 e. The first-order chi connectivity index (χ1) is 9.70. The molecule has 1 aromatic carbocycles. The predicted molar refractivity (Wildman–Crippen MR) is 76.3 cm³/mol. The number of aliphatic hydroxyl groups is 1. The van der Waals surface area contributed by atoms with Crippen molar-refractivity contribution < 1.29 is 14.6 Å². The van der Waals surface area contributed by atoms with Crippen molar-refractivity contribution in [1.82, 2.24) is 10.6 Å². The van der Waals surface area contributed by atoms with Gasteiger partial charge in [-0.3, -0.25) is 0 Å². The molecule has 3 atom stereocenters. The Morgan fingerprint density at radius 1 is 1.40 bits per heavy atom. The molecule has 5 nitrogen and oxygen atoms in total. The zero-order valence-corrected chi connectivity index (χ0v) is 11.7. The van der Waals surface area contributed by atoms with E-state index in [-0.39, 0.29) is 24.7 Å². The molecule has 2 amide bonds. The van der Waals surface area contributed by atoms with Gasteiger partial charge in [-0.1, -0.05) is 30.3 Å². The van der Waals surface area contributed by atoms with Gasteiger partial charge in [0.05, 0.1) is 19.3 Å². The second-order valence-electron chi connectivity index (χ2n) is 5.18. The number of aliphatic hydroxyl groups excluding tert-OH is 1. The third-order valence-electron chi connectivity index (χ3n) is 3.72. The molecule has 0 radical (unpaired) electrons. The summed E-state index contributed by atoms with van der Waals surface area (Å²) in [5.41, 5.74) is 0.891. The van der Waals surface area contributed by atoms with Crippen molar-refractivity contribution in [3.05, 3.63) is 35.9 Å². The minimum atomic E-state index is -0.386. The molecule has 1 aromatic rings. The number of hydrogen-bond acceptors (Lipinski definition) is 3. The average molecular weight is 278 g/mol. The predicted octanol–water partition coefficient (Wildman–Crippen LogP) is 1.44. The van der Waals surface area contributed by atoms with Crippen LogP contribution in [0.1, 0.15) is 24.9 Å². The number of rotatable bonds is 5. The molecule has 1 heterocycles. The highest BCUT2D eigenvalue weighted by Gasteiger charge is 2.24. The number of ether oxygens (including phenoxy) is 1. The second-order valence-corrected chi connectivity index (χ2v) is 5.18. The normalized spacial score (nSPS) is 21.2. The van der Waals surface area contributed by atoms with E-state index in [4.69, 9.17) is 4.74 Å². The van der Waals surface area contributed by atoms with Crippen LogP contribution in [0.15, 0.2) is 30.3 Å². The minimum absolute atomic E-state index is 0.0626. The van der Waals surface area contributed by atoms with Gasteiger partial charge in [-0.25, -0.2) is 4.79 Å². The van der Waals surface area contributed by atoms with Crippen LogP contribution < -0.4 is 10.6 Å². The van der Waals surface area contributed by atoms with Crippen LogP contribution in [-0.2, 0) is 4.74 Å². The zero-order chi connectivity index (χ0) is 14.4. The molecule has 5 heteroatoms. The quantitative estimate of drug-likeness (QED) is 0.763. The number of amides is 2. The maximum absolute atomic E-state index is 12.0. The standard InChI is InChI=1S/C15H22N2O3/c1-11(13-7-8-20-10-13)16-15(19)17-14(9-18)12-5-3-2-4-6-12/h2-6,11,13-14,18H,7-10H2,1H3,(H2,16,17,19)/t11-,13+,14-/m1/s1. The van der Waals surface area contributed by atoms with E-state index < -0.39 is 0 Å². The third-order valence-corrected chi connectivity index (χ3v) is 3.72. The largest absolute Gasteiger partial charge is 0.394 e. The fourth-order valence-electron chi connectivity index (χ4n) is 2.39. The molecule has 20 heavy (non-hydrogen) atoms. The highest BCUT2D eigenvalue weighted by atomic mass is 16.5. The Morgan fingerprint density at radius 3 is 2.75 bits per heavy atom. The Hall–Kier alpha value is -1.59. The van der Waals surface area contributed by atoms with Crippen molar-refractivity contribution in [2.45, 2.75) is 25.4 Å². The highest BCUT2D eigenvalue weighted by Crippen LogP contribution is 2.16. The van der Waals surface area contributed by atoms with Crippen LogP contribution in [0.25, 0.3) is 0 Å². The van der Waals surface area contributed by atoms with Gasteiger partial charge in [0.15, 0.2) is 0 Å². The van der Waals surface area contributed by atoms with E-state index in [1.807, 2.05) is 37.3 Å². The molecule has 0 saturated carbocycles. The van der Waals surface area contributed by atoms with Gasteiger partial charge in [0.1, 0.15) is 0 Å². The second kappa shape index (κ2) is 7.26. The lowest BCUT2D eigenvalue weighted by molar-refractivity contribution is 0.176. The maximum atomic E-state index is 12.0. The van der Waals surface area contributed by atoms with Gasteiger partial charge in [-0.15, -0.1) is 0 Å². The molecule has 1 saturated heterocycles. The summed E-state index contributed by atoms with van der Waals surface area (Å²) in [5, 5.41) is 15.1. The fourth-order valence-corrected chi connectivity index (χ4v) is 2.39. The van der Waals surface area contributed by atoms with Crippen LogP contribution in [0.2, 0.25) is 0 Å². The van der Waals surface area contributed by atoms with Gasteiger partial charge in [0.25, 0.3) is 0 Å². The Balaban J connectivity index is 1.86. The summed E-state index contributed by atoms with van der Waals surface area (Å²) in [5.74, 6) is 0.366. The molecule has 1 aliphatic heterocycles. The van der Waals surface area contributed by atoms with E-state index in [1.54, 1.807) is 0 Å². The molecule has 0 spiro atoms. The van der Waals surface area contributed by atoms with Crippen LogP contribution in [-0.4, -0.2) is 37.0 Å². The Labute approximate surface area is 119 Å². The van der Waals surface area contributed by atoms with E-state index >= 15 is 0 Å². The van der Waals surface area contributed by atoms with Crippen LogP contribution in [0, 0.1) is 5.92 Å². The van der Waals surface area contributed by atoms with Crippen molar-refractivity contribution in [3.8, 4) is 0 Å². The Kier molecular flexibility index (Phi) is 5.38. The van der Waals surface area contributed by atoms with E-state index in [1.165, 1.54) is 0 Å². The Morgan fingerprint density at radius 2 is 2.15 bits per heavy atom. The van der Waals surface area contributed by atoms with Crippen molar-refractivity contribution >= 4 is 6.03 Å². The summed E-state index contributed by atoms with van der Waals surface area (Å²) in [7, 11) is 0. The number of hydrogen-bond donors (Lipinski definition) is 3. The minimum Gasteiger partial charge on any atom is -0.394 e. The van der Waals surface area contributed by atoms with E-state index in [0.29, 0.717) is 12.5 Å². The highest BCUT2D eigenvalue weighted by molar-refractivity contribution is 5.74. The van der Waals surface area contributed by atoms with Crippen LogP contribution in [0.5, 0.6) is 0 Å². The summed E-state index contributed by atoms with van der Waals surface area (Å²) < 4.78 is 5.32. The van der Waals surface area contributed by atoms with Crippen LogP contribution >= 0.6 is 0 Å². The number of carbonyl (C=O) groups excluding carboxylic acids is 1. The lowest BCUT2D eigenvalue weighted by Crippen LogP contribution is -2.46. The molecule has 3 N–H and O–H groups in total. The van der Waals surface area contributed by atoms with Gasteiger partial charge in [0, 0.05) is 18.6 Å². The van der Waals surface area contributed by atoms with E-state index in [9.17, 15) is 9.90 Å². The monoisotopic (exact) mass is 278 g/mol. The van der Waals surface area contributed by atoms with Crippen LogP contribution in [0.3, 0.4) is 0 Å².